The number of carbonyl (C=O) groups excluding carboxylic acids is 2. The van der Waals surface area contributed by atoms with Crippen molar-refractivity contribution in [1.82, 2.24) is 0 Å². The smallest absolute Gasteiger partial charge is 0.271 e. The Morgan fingerprint density at radius 1 is 0.963 bits per heavy atom. The van der Waals surface area contributed by atoms with Gasteiger partial charge >= 0.3 is 6.18 Å². The average molecular weight is 374 g/mol. The molecule has 2 aliphatic heterocycles. The Morgan fingerprint density at radius 3 is 2.33 bits per heavy atom. The van der Waals surface area contributed by atoms with Crippen LogP contribution in [0.5, 0.6) is 0 Å². The first-order valence-electron chi connectivity index (χ1n) is 8.09. The second-order valence-corrected chi connectivity index (χ2v) is 6.33. The highest BCUT2D eigenvalue weighted by Crippen LogP contribution is 2.37. The largest absolute Gasteiger partial charge is 0.416 e. The number of imide groups is 1. The van der Waals surface area contributed by atoms with Crippen LogP contribution in [0.2, 0.25) is 0 Å². The van der Waals surface area contributed by atoms with E-state index >= 15 is 0 Å². The topological polar surface area (TPSA) is 65.3 Å². The van der Waals surface area contributed by atoms with Gasteiger partial charge in [-0.05, 0) is 37.3 Å². The summed E-state index contributed by atoms with van der Waals surface area (Å²) in [4.78, 5) is 26.5. The number of anilines is 2. The number of benzene rings is 2. The maximum absolute atomic E-state index is 13.0. The number of fused-ring (bicyclic) bond motifs is 1. The fourth-order valence-corrected chi connectivity index (χ4v) is 3.15. The molecule has 2 amide bonds. The minimum Gasteiger partial charge on any atom is -0.271 e. The quantitative estimate of drug-likeness (QED) is 0.756. The molecule has 9 heteroatoms. The van der Waals surface area contributed by atoms with E-state index in [-0.39, 0.29) is 5.69 Å². The van der Waals surface area contributed by atoms with Gasteiger partial charge in [0, 0.05) is 0 Å². The maximum Gasteiger partial charge on any atom is 0.416 e. The van der Waals surface area contributed by atoms with Crippen molar-refractivity contribution >= 4 is 23.2 Å². The summed E-state index contributed by atoms with van der Waals surface area (Å²) in [6.07, 6.45) is -4.53. The summed E-state index contributed by atoms with van der Waals surface area (Å²) < 4.78 is 38.9. The number of aryl methyl sites for hydroxylation is 1. The Morgan fingerprint density at radius 2 is 1.67 bits per heavy atom. The van der Waals surface area contributed by atoms with Gasteiger partial charge in [-0.2, -0.15) is 18.3 Å². The van der Waals surface area contributed by atoms with Gasteiger partial charge in [-0.1, -0.05) is 29.0 Å². The van der Waals surface area contributed by atoms with E-state index in [2.05, 4.69) is 10.3 Å². The predicted octanol–water partition coefficient (Wildman–Crippen LogP) is 3.51. The van der Waals surface area contributed by atoms with Crippen LogP contribution in [-0.4, -0.2) is 23.9 Å². The zero-order valence-electron chi connectivity index (χ0n) is 14.0. The first-order chi connectivity index (χ1) is 12.8. The van der Waals surface area contributed by atoms with Gasteiger partial charge < -0.3 is 0 Å². The second kappa shape index (κ2) is 5.90. The van der Waals surface area contributed by atoms with Crippen molar-refractivity contribution < 1.29 is 22.8 Å². The lowest BCUT2D eigenvalue weighted by atomic mass is 10.1. The van der Waals surface area contributed by atoms with E-state index in [1.165, 1.54) is 12.1 Å². The highest BCUT2D eigenvalue weighted by Gasteiger charge is 2.55. The molecule has 2 aromatic rings. The third-order valence-electron chi connectivity index (χ3n) is 4.51. The molecule has 0 aliphatic carbocycles. The zero-order chi connectivity index (χ0) is 19.3. The molecule has 6 nitrogen and oxygen atoms in total. The Labute approximate surface area is 151 Å². The molecule has 2 aromatic carbocycles. The number of halogens is 3. The lowest BCUT2D eigenvalue weighted by Crippen LogP contribution is -2.40. The van der Waals surface area contributed by atoms with Crippen LogP contribution in [0.25, 0.3) is 0 Å². The molecule has 2 aliphatic rings. The maximum atomic E-state index is 13.0. The Kier molecular flexibility index (Phi) is 3.76. The zero-order valence-corrected chi connectivity index (χ0v) is 14.0. The van der Waals surface area contributed by atoms with Gasteiger partial charge in [0.05, 0.1) is 16.9 Å². The molecule has 4 rings (SSSR count). The summed E-state index contributed by atoms with van der Waals surface area (Å²) in [6.45, 7) is 1.87. The summed E-state index contributed by atoms with van der Waals surface area (Å²) in [7, 11) is 0. The summed E-state index contributed by atoms with van der Waals surface area (Å²) in [5.74, 6) is -1.12. The molecule has 0 aromatic heterocycles. The van der Waals surface area contributed by atoms with Gasteiger partial charge in [-0.25, -0.2) is 9.91 Å². The van der Waals surface area contributed by atoms with E-state index in [9.17, 15) is 22.8 Å². The van der Waals surface area contributed by atoms with Crippen LogP contribution in [-0.2, 0) is 15.8 Å². The summed E-state index contributed by atoms with van der Waals surface area (Å²) >= 11 is 0. The fourth-order valence-electron chi connectivity index (χ4n) is 3.15. The van der Waals surface area contributed by atoms with Crippen LogP contribution in [0.15, 0.2) is 58.9 Å². The number of nitrogens with zero attached hydrogens (tertiary/aromatic N) is 4. The number of amides is 2. The van der Waals surface area contributed by atoms with E-state index in [4.69, 9.17) is 0 Å². The molecule has 0 unspecified atom stereocenters. The summed E-state index contributed by atoms with van der Waals surface area (Å²) in [6, 6.07) is 9.04. The molecule has 1 fully saturated rings. The second-order valence-electron chi connectivity index (χ2n) is 6.33. The lowest BCUT2D eigenvalue weighted by Gasteiger charge is -2.21. The minimum atomic E-state index is -4.53. The van der Waals surface area contributed by atoms with Crippen molar-refractivity contribution in [2.45, 2.75) is 25.2 Å². The predicted molar refractivity (Wildman–Crippen MR) is 90.0 cm³/mol. The van der Waals surface area contributed by atoms with Gasteiger partial charge in [0.15, 0.2) is 12.1 Å². The highest BCUT2D eigenvalue weighted by atomic mass is 19.4. The van der Waals surface area contributed by atoms with E-state index in [1.54, 1.807) is 24.3 Å². The van der Waals surface area contributed by atoms with Gasteiger partial charge in [0.1, 0.15) is 0 Å². The Balaban J connectivity index is 1.69. The van der Waals surface area contributed by atoms with Gasteiger partial charge in [-0.3, -0.25) is 9.59 Å². The first kappa shape index (κ1) is 17.2. The number of hydrogen-bond acceptors (Lipinski definition) is 5. The summed E-state index contributed by atoms with van der Waals surface area (Å²) in [5, 5.41) is 8.69. The SMILES string of the molecule is Cc1ccc(N2C(=O)[C@@H]3[C@@H](N=NN3c3cccc(C(F)(F)F)c3)C2=O)cc1. The van der Waals surface area contributed by atoms with Crippen LogP contribution >= 0.6 is 0 Å². The summed E-state index contributed by atoms with van der Waals surface area (Å²) in [5.41, 5.74) is 0.534. The highest BCUT2D eigenvalue weighted by molar-refractivity contribution is 6.26. The van der Waals surface area contributed by atoms with E-state index in [0.29, 0.717) is 5.69 Å². The molecule has 2 heterocycles. The molecule has 0 radical (unpaired) electrons. The molecule has 27 heavy (non-hydrogen) atoms. The van der Waals surface area contributed by atoms with Crippen LogP contribution < -0.4 is 9.91 Å². The van der Waals surface area contributed by atoms with Crippen LogP contribution in [0.4, 0.5) is 24.5 Å². The van der Waals surface area contributed by atoms with Crippen molar-refractivity contribution in [3.05, 3.63) is 59.7 Å². The van der Waals surface area contributed by atoms with Gasteiger partial charge in [0.2, 0.25) is 0 Å². The van der Waals surface area contributed by atoms with E-state index in [1.807, 2.05) is 6.92 Å². The first-order valence-corrected chi connectivity index (χ1v) is 8.09. The number of alkyl halides is 3. The standard InChI is InChI=1S/C18H13F3N4O2/c1-10-5-7-12(8-6-10)24-16(26)14-15(17(24)27)25(23-22-14)13-4-2-3-11(9-13)18(19,20)21/h2-9,14-15H,1H3/t14-,15+/m1/s1. The van der Waals surface area contributed by atoms with E-state index in [0.717, 1.165) is 27.6 Å². The molecule has 2 atom stereocenters. The van der Waals surface area contributed by atoms with E-state index < -0.39 is 35.6 Å². The van der Waals surface area contributed by atoms with Crippen molar-refractivity contribution in [2.75, 3.05) is 9.91 Å². The fraction of sp³-hybridized carbons (Fsp3) is 0.222. The normalized spacial score (nSPS) is 21.9. The molecule has 0 saturated carbocycles. The molecule has 0 spiro atoms. The third kappa shape index (κ3) is 2.75. The van der Waals surface area contributed by atoms with Crippen molar-refractivity contribution in [3.8, 4) is 0 Å². The monoisotopic (exact) mass is 374 g/mol. The van der Waals surface area contributed by atoms with Crippen LogP contribution in [0.3, 0.4) is 0 Å². The minimum absolute atomic E-state index is 0.0491. The molecule has 138 valence electrons. The van der Waals surface area contributed by atoms with Gasteiger partial charge in [0.25, 0.3) is 11.8 Å². The molecule has 0 N–H and O–H groups in total. The molecule has 0 bridgehead atoms. The number of hydrogen-bond donors (Lipinski definition) is 0. The molecular formula is C18H13F3N4O2. The molecule has 1 saturated heterocycles. The number of rotatable bonds is 2. The van der Waals surface area contributed by atoms with Crippen molar-refractivity contribution in [3.63, 3.8) is 0 Å². The average Bonchev–Trinajstić information content (AvgIpc) is 3.16. The van der Waals surface area contributed by atoms with Crippen LogP contribution in [0, 0.1) is 6.92 Å². The molecular weight excluding hydrogens is 361 g/mol. The van der Waals surface area contributed by atoms with Crippen molar-refractivity contribution in [2.24, 2.45) is 10.3 Å². The third-order valence-corrected chi connectivity index (χ3v) is 4.51. The Hall–Kier alpha value is -3.23. The lowest BCUT2D eigenvalue weighted by molar-refractivity contribution is -0.137. The van der Waals surface area contributed by atoms with Crippen LogP contribution in [0.1, 0.15) is 11.1 Å². The Bertz CT molecular complexity index is 956. The van der Waals surface area contributed by atoms with Crippen molar-refractivity contribution in [1.29, 1.82) is 0 Å². The number of carbonyl (C=O) groups is 2. The van der Waals surface area contributed by atoms with Gasteiger partial charge in [-0.15, -0.1) is 0 Å².